The third-order valence-corrected chi connectivity index (χ3v) is 5.20. The van der Waals surface area contributed by atoms with E-state index in [1.807, 2.05) is 35.0 Å². The number of aromatic nitrogens is 2. The molecule has 1 unspecified atom stereocenters. The summed E-state index contributed by atoms with van der Waals surface area (Å²) in [7, 11) is 3.82. The van der Waals surface area contributed by atoms with Crippen LogP contribution in [0, 0.1) is 0 Å². The van der Waals surface area contributed by atoms with Gasteiger partial charge in [0, 0.05) is 43.5 Å². The predicted octanol–water partition coefficient (Wildman–Crippen LogP) is 2.97. The molecule has 0 spiro atoms. The van der Waals surface area contributed by atoms with Crippen molar-refractivity contribution in [2.75, 3.05) is 40.4 Å². The number of hydrogen-bond acceptors (Lipinski definition) is 5. The minimum Gasteiger partial charge on any atom is -0.497 e. The number of methoxy groups -OCH3 is 1. The van der Waals surface area contributed by atoms with Gasteiger partial charge in [0.25, 0.3) is 0 Å². The molecule has 0 radical (unpaired) electrons. The molecule has 1 aromatic heterocycles. The molecule has 2 heterocycles. The SMILES string of the molecule is COc1ccc(-c2nn(-c3ccccc3)cc2CNCC2CN(C)CCO2)cc1. The van der Waals surface area contributed by atoms with Crippen LogP contribution in [0.3, 0.4) is 0 Å². The lowest BCUT2D eigenvalue weighted by atomic mass is 10.1. The van der Waals surface area contributed by atoms with E-state index < -0.39 is 0 Å². The normalized spacial score (nSPS) is 17.4. The van der Waals surface area contributed by atoms with Crippen molar-refractivity contribution in [2.45, 2.75) is 12.6 Å². The van der Waals surface area contributed by atoms with Gasteiger partial charge in [-0.3, -0.25) is 0 Å². The standard InChI is InChI=1S/C23H28N4O2/c1-26-12-13-29-22(17-26)15-24-14-19-16-27(20-6-4-3-5-7-20)25-23(19)18-8-10-21(28-2)11-9-18/h3-11,16,22,24H,12-15,17H2,1-2H3. The number of ether oxygens (including phenoxy) is 2. The molecule has 6 heteroatoms. The molecule has 1 aliphatic heterocycles. The first-order chi connectivity index (χ1) is 14.2. The number of nitrogens with one attached hydrogen (secondary N) is 1. The molecule has 1 N–H and O–H groups in total. The number of hydrogen-bond donors (Lipinski definition) is 1. The zero-order valence-corrected chi connectivity index (χ0v) is 17.0. The van der Waals surface area contributed by atoms with Gasteiger partial charge in [0.15, 0.2) is 0 Å². The van der Waals surface area contributed by atoms with Gasteiger partial charge >= 0.3 is 0 Å². The van der Waals surface area contributed by atoms with Gasteiger partial charge in [-0.15, -0.1) is 0 Å². The Kier molecular flexibility index (Phi) is 6.24. The van der Waals surface area contributed by atoms with Crippen LogP contribution in [0.4, 0.5) is 0 Å². The quantitative estimate of drug-likeness (QED) is 0.670. The fourth-order valence-corrected chi connectivity index (χ4v) is 3.60. The van der Waals surface area contributed by atoms with E-state index in [2.05, 4.69) is 47.7 Å². The maximum absolute atomic E-state index is 5.86. The third-order valence-electron chi connectivity index (χ3n) is 5.20. The lowest BCUT2D eigenvalue weighted by Crippen LogP contribution is -2.44. The molecule has 0 bridgehead atoms. The molecule has 0 amide bonds. The Morgan fingerprint density at radius 2 is 1.93 bits per heavy atom. The second kappa shape index (κ2) is 9.22. The fourth-order valence-electron chi connectivity index (χ4n) is 3.60. The highest BCUT2D eigenvalue weighted by molar-refractivity contribution is 5.64. The van der Waals surface area contributed by atoms with Crippen molar-refractivity contribution in [2.24, 2.45) is 0 Å². The summed E-state index contributed by atoms with van der Waals surface area (Å²) >= 11 is 0. The number of para-hydroxylation sites is 1. The Labute approximate surface area is 172 Å². The van der Waals surface area contributed by atoms with E-state index in [1.54, 1.807) is 7.11 Å². The summed E-state index contributed by atoms with van der Waals surface area (Å²) in [4.78, 5) is 2.31. The molecule has 3 aromatic rings. The summed E-state index contributed by atoms with van der Waals surface area (Å²) < 4.78 is 13.1. The molecule has 2 aromatic carbocycles. The van der Waals surface area contributed by atoms with Crippen molar-refractivity contribution in [3.63, 3.8) is 0 Å². The smallest absolute Gasteiger partial charge is 0.118 e. The van der Waals surface area contributed by atoms with Crippen LogP contribution in [-0.4, -0.2) is 61.2 Å². The number of morpholine rings is 1. The van der Waals surface area contributed by atoms with Crippen LogP contribution >= 0.6 is 0 Å². The summed E-state index contributed by atoms with van der Waals surface area (Å²) in [6, 6.07) is 18.2. The Balaban J connectivity index is 1.54. The first-order valence-corrected chi connectivity index (χ1v) is 10.0. The Bertz CT molecular complexity index is 908. The lowest BCUT2D eigenvalue weighted by Gasteiger charge is -2.30. The maximum atomic E-state index is 5.86. The average Bonchev–Trinajstić information content (AvgIpc) is 3.19. The molecular weight excluding hydrogens is 364 g/mol. The molecule has 1 atom stereocenters. The van der Waals surface area contributed by atoms with Crippen LogP contribution in [0.1, 0.15) is 5.56 Å². The second-order valence-corrected chi connectivity index (χ2v) is 7.40. The fraction of sp³-hybridized carbons (Fsp3) is 0.348. The molecule has 152 valence electrons. The zero-order valence-electron chi connectivity index (χ0n) is 17.0. The first kappa shape index (κ1) is 19.6. The van der Waals surface area contributed by atoms with Crippen molar-refractivity contribution in [3.8, 4) is 22.7 Å². The minimum atomic E-state index is 0.224. The highest BCUT2D eigenvalue weighted by atomic mass is 16.5. The van der Waals surface area contributed by atoms with Crippen molar-refractivity contribution < 1.29 is 9.47 Å². The monoisotopic (exact) mass is 392 g/mol. The van der Waals surface area contributed by atoms with E-state index in [9.17, 15) is 0 Å². The van der Waals surface area contributed by atoms with Crippen LogP contribution in [0.15, 0.2) is 60.8 Å². The van der Waals surface area contributed by atoms with Crippen molar-refractivity contribution in [3.05, 3.63) is 66.4 Å². The van der Waals surface area contributed by atoms with Gasteiger partial charge in [-0.25, -0.2) is 4.68 Å². The average molecular weight is 393 g/mol. The topological polar surface area (TPSA) is 51.5 Å². The summed E-state index contributed by atoms with van der Waals surface area (Å²) in [5, 5.41) is 8.44. The molecule has 1 saturated heterocycles. The molecule has 6 nitrogen and oxygen atoms in total. The van der Waals surface area contributed by atoms with Gasteiger partial charge in [-0.2, -0.15) is 5.10 Å². The molecule has 0 saturated carbocycles. The molecule has 1 fully saturated rings. The van der Waals surface area contributed by atoms with Crippen LogP contribution < -0.4 is 10.1 Å². The lowest BCUT2D eigenvalue weighted by molar-refractivity contribution is -0.0182. The van der Waals surface area contributed by atoms with E-state index in [1.165, 1.54) is 0 Å². The van der Waals surface area contributed by atoms with E-state index in [0.717, 1.165) is 61.0 Å². The predicted molar refractivity (Wildman–Crippen MR) is 114 cm³/mol. The largest absolute Gasteiger partial charge is 0.497 e. The first-order valence-electron chi connectivity index (χ1n) is 10.0. The van der Waals surface area contributed by atoms with Crippen molar-refractivity contribution in [1.82, 2.24) is 20.0 Å². The Morgan fingerprint density at radius 1 is 1.14 bits per heavy atom. The van der Waals surface area contributed by atoms with Gasteiger partial charge in [0.05, 0.1) is 31.2 Å². The molecule has 29 heavy (non-hydrogen) atoms. The number of nitrogens with zero attached hydrogens (tertiary/aromatic N) is 3. The summed E-state index contributed by atoms with van der Waals surface area (Å²) in [6.45, 7) is 4.32. The minimum absolute atomic E-state index is 0.224. The number of rotatable bonds is 7. The van der Waals surface area contributed by atoms with Gasteiger partial charge in [-0.05, 0) is 43.4 Å². The van der Waals surface area contributed by atoms with Crippen molar-refractivity contribution in [1.29, 1.82) is 0 Å². The van der Waals surface area contributed by atoms with Gasteiger partial charge in [0.2, 0.25) is 0 Å². The van der Waals surface area contributed by atoms with Crippen molar-refractivity contribution >= 4 is 0 Å². The van der Waals surface area contributed by atoms with Crippen LogP contribution in [-0.2, 0) is 11.3 Å². The van der Waals surface area contributed by atoms with Crippen LogP contribution in [0.2, 0.25) is 0 Å². The molecular formula is C23H28N4O2. The molecule has 1 aliphatic rings. The second-order valence-electron chi connectivity index (χ2n) is 7.40. The molecule has 0 aliphatic carbocycles. The van der Waals surface area contributed by atoms with E-state index in [4.69, 9.17) is 14.6 Å². The Morgan fingerprint density at radius 3 is 2.66 bits per heavy atom. The summed E-state index contributed by atoms with van der Waals surface area (Å²) in [5.74, 6) is 0.842. The summed E-state index contributed by atoms with van der Waals surface area (Å²) in [6.07, 6.45) is 2.33. The number of benzene rings is 2. The maximum Gasteiger partial charge on any atom is 0.118 e. The summed E-state index contributed by atoms with van der Waals surface area (Å²) in [5.41, 5.74) is 4.26. The highest BCUT2D eigenvalue weighted by Gasteiger charge is 2.18. The van der Waals surface area contributed by atoms with Crippen LogP contribution in [0.25, 0.3) is 16.9 Å². The van der Waals surface area contributed by atoms with E-state index in [-0.39, 0.29) is 6.10 Å². The Hall–Kier alpha value is -2.67. The van der Waals surface area contributed by atoms with Gasteiger partial charge in [0.1, 0.15) is 5.75 Å². The number of likely N-dealkylation sites (N-methyl/N-ethyl adjacent to an activating group) is 1. The third kappa shape index (κ3) is 4.85. The zero-order chi connectivity index (χ0) is 20.1. The van der Waals surface area contributed by atoms with Crippen LogP contribution in [0.5, 0.6) is 5.75 Å². The highest BCUT2D eigenvalue weighted by Crippen LogP contribution is 2.26. The molecule has 4 rings (SSSR count). The van der Waals surface area contributed by atoms with Gasteiger partial charge in [-0.1, -0.05) is 18.2 Å². The van der Waals surface area contributed by atoms with Gasteiger partial charge < -0.3 is 19.7 Å². The van der Waals surface area contributed by atoms with E-state index >= 15 is 0 Å². The van der Waals surface area contributed by atoms with E-state index in [0.29, 0.717) is 0 Å².